The van der Waals surface area contributed by atoms with Crippen LogP contribution in [0.25, 0.3) is 10.4 Å². The molecule has 18 heavy (non-hydrogen) atoms. The number of azide groups is 1. The average molecular weight is 253 g/mol. The molecule has 0 saturated carbocycles. The number of carboxylic acid groups (broad SMARTS) is 1. The summed E-state index contributed by atoms with van der Waals surface area (Å²) in [6.45, 7) is 2.54. The van der Waals surface area contributed by atoms with Crippen molar-refractivity contribution in [1.82, 2.24) is 10.2 Å². The lowest BCUT2D eigenvalue weighted by Gasteiger charge is -2.38. The van der Waals surface area contributed by atoms with Gasteiger partial charge in [0.2, 0.25) is 0 Å². The number of nitrogens with zero attached hydrogens (tertiary/aromatic N) is 4. The summed E-state index contributed by atoms with van der Waals surface area (Å²) in [5, 5.41) is 16.1. The molecule has 0 aromatic heterocycles. The van der Waals surface area contributed by atoms with E-state index in [0.29, 0.717) is 13.0 Å². The molecule has 0 bridgehead atoms. The van der Waals surface area contributed by atoms with E-state index in [9.17, 15) is 9.90 Å². The first-order valence-electron chi connectivity index (χ1n) is 6.44. The molecule has 0 amide bonds. The Morgan fingerprint density at radius 3 is 3.11 bits per heavy atom. The van der Waals surface area contributed by atoms with Gasteiger partial charge in [-0.3, -0.25) is 9.69 Å². The second-order valence-corrected chi connectivity index (χ2v) is 4.96. The van der Waals surface area contributed by atoms with Gasteiger partial charge in [-0.25, -0.2) is 0 Å². The normalized spacial score (nSPS) is 31.7. The first kappa shape index (κ1) is 13.1. The molecule has 2 atom stereocenters. The Morgan fingerprint density at radius 2 is 2.39 bits per heavy atom. The topological polar surface area (TPSA) is 101 Å². The van der Waals surface area contributed by atoms with Crippen LogP contribution in [0.1, 0.15) is 25.7 Å². The first-order chi connectivity index (χ1) is 8.70. The maximum atomic E-state index is 11.6. The third-order valence-corrected chi connectivity index (χ3v) is 4.07. The highest BCUT2D eigenvalue weighted by atomic mass is 16.4. The highest BCUT2D eigenvalue weighted by Crippen LogP contribution is 2.35. The van der Waals surface area contributed by atoms with Gasteiger partial charge in [0.1, 0.15) is 5.54 Å². The molecule has 2 unspecified atom stereocenters. The number of piperidine rings is 1. The molecule has 100 valence electrons. The summed E-state index contributed by atoms with van der Waals surface area (Å²) in [5.41, 5.74) is 7.37. The smallest absolute Gasteiger partial charge is 0.325 e. The van der Waals surface area contributed by atoms with E-state index in [-0.39, 0.29) is 12.6 Å². The number of fused-ring (bicyclic) bond motifs is 1. The Balaban J connectivity index is 2.06. The Hall–Kier alpha value is -1.30. The summed E-state index contributed by atoms with van der Waals surface area (Å²) < 4.78 is 0. The predicted octanol–water partition coefficient (Wildman–Crippen LogP) is 0.968. The molecule has 2 N–H and O–H groups in total. The number of nitrogens with one attached hydrogen (secondary N) is 1. The fourth-order valence-electron chi connectivity index (χ4n) is 3.21. The van der Waals surface area contributed by atoms with E-state index in [2.05, 4.69) is 20.2 Å². The fraction of sp³-hybridized carbons (Fsp3) is 0.909. The van der Waals surface area contributed by atoms with Crippen LogP contribution in [0.2, 0.25) is 0 Å². The van der Waals surface area contributed by atoms with Crippen LogP contribution in [0.4, 0.5) is 0 Å². The largest absolute Gasteiger partial charge is 0.480 e. The molecule has 2 heterocycles. The number of carbonyl (C=O) groups is 1. The van der Waals surface area contributed by atoms with E-state index in [4.69, 9.17) is 5.53 Å². The van der Waals surface area contributed by atoms with E-state index in [1.54, 1.807) is 0 Å². The molecule has 0 aliphatic carbocycles. The van der Waals surface area contributed by atoms with Gasteiger partial charge >= 0.3 is 5.97 Å². The van der Waals surface area contributed by atoms with E-state index in [1.807, 2.05) is 0 Å². The number of rotatable bonds is 5. The molecule has 0 aromatic carbocycles. The second-order valence-electron chi connectivity index (χ2n) is 4.96. The molecule has 2 saturated heterocycles. The van der Waals surface area contributed by atoms with Crippen molar-refractivity contribution in [2.45, 2.75) is 37.3 Å². The summed E-state index contributed by atoms with van der Waals surface area (Å²) in [6.07, 6.45) is 3.81. The minimum Gasteiger partial charge on any atom is -0.480 e. The standard InChI is InChI=1S/C11H19N5O2/c12-15-14-6-5-13-11(10(17)18)4-8-16-7-2-1-3-9(11)16/h9,13H,1-8H2,(H,17,18). The lowest BCUT2D eigenvalue weighted by molar-refractivity contribution is -0.146. The van der Waals surface area contributed by atoms with Crippen LogP contribution < -0.4 is 5.32 Å². The van der Waals surface area contributed by atoms with Crippen molar-refractivity contribution in [2.24, 2.45) is 5.11 Å². The second kappa shape index (κ2) is 5.56. The van der Waals surface area contributed by atoms with Gasteiger partial charge in [0.05, 0.1) is 0 Å². The third kappa shape index (κ3) is 2.29. The molecule has 2 rings (SSSR count). The summed E-state index contributed by atoms with van der Waals surface area (Å²) in [6, 6.07) is 0.0785. The van der Waals surface area contributed by atoms with E-state index >= 15 is 0 Å². The maximum absolute atomic E-state index is 11.6. The van der Waals surface area contributed by atoms with Crippen molar-refractivity contribution in [2.75, 3.05) is 26.2 Å². The van der Waals surface area contributed by atoms with Crippen LogP contribution in [-0.2, 0) is 4.79 Å². The zero-order chi connectivity index (χ0) is 13.0. The van der Waals surface area contributed by atoms with Crippen molar-refractivity contribution in [3.8, 4) is 0 Å². The van der Waals surface area contributed by atoms with Crippen LogP contribution in [0.15, 0.2) is 5.11 Å². The summed E-state index contributed by atoms with van der Waals surface area (Å²) >= 11 is 0. The molecule has 0 aromatic rings. The van der Waals surface area contributed by atoms with Gasteiger partial charge in [0.25, 0.3) is 0 Å². The molecule has 0 spiro atoms. The lowest BCUT2D eigenvalue weighted by Crippen LogP contribution is -2.61. The van der Waals surface area contributed by atoms with Gasteiger partial charge in [-0.2, -0.15) is 0 Å². The van der Waals surface area contributed by atoms with E-state index in [0.717, 1.165) is 32.4 Å². The molecule has 7 nitrogen and oxygen atoms in total. The van der Waals surface area contributed by atoms with Crippen LogP contribution in [0, 0.1) is 0 Å². The van der Waals surface area contributed by atoms with Gasteiger partial charge in [0.15, 0.2) is 0 Å². The maximum Gasteiger partial charge on any atom is 0.325 e. The van der Waals surface area contributed by atoms with Crippen molar-refractivity contribution in [1.29, 1.82) is 0 Å². The quantitative estimate of drug-likeness (QED) is 0.330. The van der Waals surface area contributed by atoms with Gasteiger partial charge in [-0.15, -0.1) is 0 Å². The molecular weight excluding hydrogens is 234 g/mol. The van der Waals surface area contributed by atoms with Crippen molar-refractivity contribution in [3.05, 3.63) is 10.4 Å². The number of hydrogen-bond donors (Lipinski definition) is 2. The SMILES string of the molecule is [N-]=[N+]=NCCNC1(C(=O)O)CCN2CCCCC21. The number of carboxylic acids is 1. The van der Waals surface area contributed by atoms with E-state index in [1.165, 1.54) is 0 Å². The van der Waals surface area contributed by atoms with Gasteiger partial charge in [0, 0.05) is 30.6 Å². The summed E-state index contributed by atoms with van der Waals surface area (Å²) in [4.78, 5) is 16.6. The van der Waals surface area contributed by atoms with E-state index < -0.39 is 11.5 Å². The molecule has 7 heteroatoms. The zero-order valence-corrected chi connectivity index (χ0v) is 10.4. The minimum atomic E-state index is -0.856. The molecule has 2 aliphatic rings. The third-order valence-electron chi connectivity index (χ3n) is 4.07. The minimum absolute atomic E-state index is 0.0785. The van der Waals surface area contributed by atoms with Crippen LogP contribution >= 0.6 is 0 Å². The zero-order valence-electron chi connectivity index (χ0n) is 10.4. The highest BCUT2D eigenvalue weighted by molar-refractivity contribution is 5.80. The molecule has 0 radical (unpaired) electrons. The Kier molecular flexibility index (Phi) is 4.06. The van der Waals surface area contributed by atoms with Crippen LogP contribution in [-0.4, -0.2) is 53.7 Å². The van der Waals surface area contributed by atoms with Crippen molar-refractivity contribution in [3.63, 3.8) is 0 Å². The monoisotopic (exact) mass is 253 g/mol. The van der Waals surface area contributed by atoms with Crippen LogP contribution in [0.5, 0.6) is 0 Å². The Bertz CT molecular complexity index is 368. The molecular formula is C11H19N5O2. The number of hydrogen-bond acceptors (Lipinski definition) is 4. The lowest BCUT2D eigenvalue weighted by atomic mass is 9.85. The Morgan fingerprint density at radius 1 is 1.56 bits per heavy atom. The average Bonchev–Trinajstić information content (AvgIpc) is 2.75. The Labute approximate surface area is 106 Å². The number of aliphatic carboxylic acids is 1. The highest BCUT2D eigenvalue weighted by Gasteiger charge is 2.52. The predicted molar refractivity (Wildman–Crippen MR) is 66.2 cm³/mol. The summed E-state index contributed by atoms with van der Waals surface area (Å²) in [5.74, 6) is -0.780. The summed E-state index contributed by atoms with van der Waals surface area (Å²) in [7, 11) is 0. The van der Waals surface area contributed by atoms with Crippen molar-refractivity contribution >= 4 is 5.97 Å². The van der Waals surface area contributed by atoms with Gasteiger partial charge < -0.3 is 10.4 Å². The van der Waals surface area contributed by atoms with Gasteiger partial charge in [-0.1, -0.05) is 11.5 Å². The van der Waals surface area contributed by atoms with Crippen LogP contribution in [0.3, 0.4) is 0 Å². The van der Waals surface area contributed by atoms with Gasteiger partial charge in [-0.05, 0) is 31.3 Å². The van der Waals surface area contributed by atoms with Crippen molar-refractivity contribution < 1.29 is 9.90 Å². The first-order valence-corrected chi connectivity index (χ1v) is 6.44. The molecule has 2 aliphatic heterocycles. The fourth-order valence-corrected chi connectivity index (χ4v) is 3.21. The molecule has 2 fully saturated rings.